The maximum atomic E-state index is 13.2. The number of carbonyl (C=O) groups is 1. The number of sulfonamides is 1. The van der Waals surface area contributed by atoms with Crippen LogP contribution in [0.15, 0.2) is 83.8 Å². The first-order chi connectivity index (χ1) is 20.1. The molecule has 0 saturated carbocycles. The maximum absolute atomic E-state index is 13.2. The fourth-order valence-corrected chi connectivity index (χ4v) is 6.09. The number of hydrogen-bond acceptors (Lipinski definition) is 5. The first-order valence-corrected chi connectivity index (χ1v) is 15.7. The van der Waals surface area contributed by atoms with Crippen LogP contribution in [0.3, 0.4) is 0 Å². The maximum Gasteiger partial charge on any atom is 0.261 e. The molecule has 2 heterocycles. The van der Waals surface area contributed by atoms with Gasteiger partial charge in [-0.1, -0.05) is 63.2 Å². The molecule has 0 bridgehead atoms. The van der Waals surface area contributed by atoms with E-state index in [-0.39, 0.29) is 16.2 Å². The van der Waals surface area contributed by atoms with Gasteiger partial charge in [0.05, 0.1) is 18.1 Å². The van der Waals surface area contributed by atoms with Crippen molar-refractivity contribution in [1.82, 2.24) is 15.2 Å². The summed E-state index contributed by atoms with van der Waals surface area (Å²) in [6, 6.07) is 22.2. The van der Waals surface area contributed by atoms with Crippen molar-refractivity contribution in [2.24, 2.45) is 0 Å². The Labute approximate surface area is 247 Å². The molecule has 0 unspecified atom stereocenters. The molecular formula is C33H38N4O4S. The lowest BCUT2D eigenvalue weighted by atomic mass is 9.87. The van der Waals surface area contributed by atoms with Crippen molar-refractivity contribution in [3.63, 3.8) is 0 Å². The molecule has 1 amide bonds. The number of rotatable bonds is 9. The number of nitrogens with one attached hydrogen (secondary N) is 3. The average Bonchev–Trinajstić information content (AvgIpc) is 3.34. The van der Waals surface area contributed by atoms with Crippen LogP contribution < -0.4 is 10.0 Å². The van der Waals surface area contributed by atoms with Gasteiger partial charge in [-0.05, 0) is 52.9 Å². The van der Waals surface area contributed by atoms with Crippen molar-refractivity contribution in [2.75, 3.05) is 44.1 Å². The Balaban J connectivity index is 1.38. The summed E-state index contributed by atoms with van der Waals surface area (Å²) in [5, 5.41) is 3.80. The monoisotopic (exact) mass is 586 g/mol. The summed E-state index contributed by atoms with van der Waals surface area (Å²) in [4.78, 5) is 18.5. The molecule has 0 spiro atoms. The number of hydrogen-bond donors (Lipinski definition) is 3. The van der Waals surface area contributed by atoms with E-state index in [0.29, 0.717) is 12.2 Å². The Morgan fingerprint density at radius 3 is 2.40 bits per heavy atom. The summed E-state index contributed by atoms with van der Waals surface area (Å²) in [5.74, 6) is -0.174. The van der Waals surface area contributed by atoms with Crippen molar-refractivity contribution >= 4 is 38.6 Å². The highest BCUT2D eigenvalue weighted by molar-refractivity contribution is 7.92. The van der Waals surface area contributed by atoms with E-state index in [2.05, 4.69) is 40.7 Å². The predicted octanol–water partition coefficient (Wildman–Crippen LogP) is 5.39. The fraction of sp³-hybridized carbons (Fsp3) is 0.303. The van der Waals surface area contributed by atoms with E-state index in [0.717, 1.165) is 66.1 Å². The molecule has 1 fully saturated rings. The number of ether oxygens (including phenoxy) is 1. The van der Waals surface area contributed by atoms with Crippen LogP contribution in [0, 0.1) is 0 Å². The second-order valence-electron chi connectivity index (χ2n) is 11.5. The molecule has 1 aliphatic rings. The van der Waals surface area contributed by atoms with Crippen LogP contribution in [0.25, 0.3) is 28.1 Å². The van der Waals surface area contributed by atoms with E-state index in [1.165, 1.54) is 6.08 Å². The van der Waals surface area contributed by atoms with Crippen molar-refractivity contribution in [1.29, 1.82) is 0 Å². The van der Waals surface area contributed by atoms with E-state index in [1.807, 2.05) is 54.6 Å². The summed E-state index contributed by atoms with van der Waals surface area (Å²) in [5.41, 5.74) is 4.88. The molecule has 0 radical (unpaired) electrons. The van der Waals surface area contributed by atoms with Crippen LogP contribution in [0.4, 0.5) is 5.69 Å². The highest BCUT2D eigenvalue weighted by atomic mass is 32.2. The number of H-pyrrole nitrogens is 1. The van der Waals surface area contributed by atoms with Gasteiger partial charge in [0.2, 0.25) is 5.91 Å². The van der Waals surface area contributed by atoms with E-state index in [9.17, 15) is 13.2 Å². The molecule has 42 heavy (non-hydrogen) atoms. The molecule has 0 aliphatic carbocycles. The highest BCUT2D eigenvalue weighted by Crippen LogP contribution is 2.35. The first-order valence-electron chi connectivity index (χ1n) is 14.2. The lowest BCUT2D eigenvalue weighted by Gasteiger charge is -2.26. The molecule has 4 aromatic rings. The van der Waals surface area contributed by atoms with E-state index < -0.39 is 10.0 Å². The van der Waals surface area contributed by atoms with E-state index in [4.69, 9.17) is 4.74 Å². The van der Waals surface area contributed by atoms with Crippen LogP contribution in [-0.2, 0) is 25.0 Å². The van der Waals surface area contributed by atoms with Crippen molar-refractivity contribution in [3.05, 3.63) is 90.1 Å². The van der Waals surface area contributed by atoms with Gasteiger partial charge < -0.3 is 15.0 Å². The highest BCUT2D eigenvalue weighted by Gasteiger charge is 2.19. The van der Waals surface area contributed by atoms with E-state index in [1.54, 1.807) is 24.3 Å². The first kappa shape index (κ1) is 29.6. The van der Waals surface area contributed by atoms with Crippen LogP contribution >= 0.6 is 0 Å². The SMILES string of the molecule is CC(C)(C)c1ccc(S(=O)(=O)Nc2ccc3[nH]c(/C=C/C(=O)NCCN4CCOCC4)c(-c4ccccc4)c3c2)cc1. The molecule has 9 heteroatoms. The van der Waals surface area contributed by atoms with Gasteiger partial charge in [0, 0.05) is 60.1 Å². The van der Waals surface area contributed by atoms with Crippen LogP contribution in [0.1, 0.15) is 32.0 Å². The molecule has 220 valence electrons. The van der Waals surface area contributed by atoms with E-state index >= 15 is 0 Å². The van der Waals surface area contributed by atoms with Gasteiger partial charge in [0.1, 0.15) is 0 Å². The number of anilines is 1. The molecule has 1 aliphatic heterocycles. The normalized spacial score (nSPS) is 14.8. The molecule has 3 N–H and O–H groups in total. The predicted molar refractivity (Wildman–Crippen MR) is 169 cm³/mol. The molecular weight excluding hydrogens is 548 g/mol. The largest absolute Gasteiger partial charge is 0.379 e. The summed E-state index contributed by atoms with van der Waals surface area (Å²) in [6.45, 7) is 10.8. The van der Waals surface area contributed by atoms with Gasteiger partial charge in [-0.3, -0.25) is 14.4 Å². The number of aromatic nitrogens is 1. The third-order valence-corrected chi connectivity index (χ3v) is 8.80. The van der Waals surface area contributed by atoms with Crippen LogP contribution in [-0.4, -0.2) is 63.6 Å². The van der Waals surface area contributed by atoms with Gasteiger partial charge in [0.25, 0.3) is 10.0 Å². The lowest BCUT2D eigenvalue weighted by molar-refractivity contribution is -0.116. The third-order valence-electron chi connectivity index (χ3n) is 7.41. The summed E-state index contributed by atoms with van der Waals surface area (Å²) >= 11 is 0. The Hall–Kier alpha value is -3.92. The standard InChI is InChI=1S/C33H38N4O4S/c1-33(2,3)25-9-12-27(13-10-25)42(39,40)36-26-11-14-29-28(23-26)32(24-7-5-4-6-8-24)30(35-29)15-16-31(38)34-17-18-37-19-21-41-22-20-37/h4-16,23,35-36H,17-22H2,1-3H3,(H,34,38)/b16-15+. The zero-order chi connectivity index (χ0) is 29.7. The zero-order valence-corrected chi connectivity index (χ0v) is 25.1. The van der Waals surface area contributed by atoms with Crippen molar-refractivity contribution in [3.8, 4) is 11.1 Å². The second-order valence-corrected chi connectivity index (χ2v) is 13.2. The van der Waals surface area contributed by atoms with Crippen LogP contribution in [0.5, 0.6) is 0 Å². The second kappa shape index (κ2) is 12.5. The van der Waals surface area contributed by atoms with Gasteiger partial charge in [0.15, 0.2) is 0 Å². The minimum Gasteiger partial charge on any atom is -0.379 e. The van der Waals surface area contributed by atoms with Gasteiger partial charge in [-0.2, -0.15) is 0 Å². The number of morpholine rings is 1. The lowest BCUT2D eigenvalue weighted by Crippen LogP contribution is -2.41. The molecule has 1 saturated heterocycles. The molecule has 8 nitrogen and oxygen atoms in total. The molecule has 3 aromatic carbocycles. The topological polar surface area (TPSA) is 104 Å². The van der Waals surface area contributed by atoms with Gasteiger partial charge in [-0.25, -0.2) is 8.42 Å². The van der Waals surface area contributed by atoms with Crippen molar-refractivity contribution < 1.29 is 17.9 Å². The number of nitrogens with zero attached hydrogens (tertiary/aromatic N) is 1. The van der Waals surface area contributed by atoms with Crippen molar-refractivity contribution in [2.45, 2.75) is 31.1 Å². The average molecular weight is 587 g/mol. The number of benzene rings is 3. The zero-order valence-electron chi connectivity index (χ0n) is 24.3. The third kappa shape index (κ3) is 7.10. The Morgan fingerprint density at radius 1 is 1.00 bits per heavy atom. The number of carbonyl (C=O) groups excluding carboxylic acids is 1. The molecule has 5 rings (SSSR count). The number of amides is 1. The molecule has 0 atom stereocenters. The number of fused-ring (bicyclic) bond motifs is 1. The number of aromatic amines is 1. The quantitative estimate of drug-likeness (QED) is 0.228. The smallest absolute Gasteiger partial charge is 0.261 e. The minimum atomic E-state index is -3.79. The fourth-order valence-electron chi connectivity index (χ4n) is 5.05. The summed E-state index contributed by atoms with van der Waals surface area (Å²) in [6.07, 6.45) is 3.30. The summed E-state index contributed by atoms with van der Waals surface area (Å²) < 4.78 is 34.6. The Bertz CT molecular complexity index is 1670. The summed E-state index contributed by atoms with van der Waals surface area (Å²) in [7, 11) is -3.79. The van der Waals surface area contributed by atoms with Gasteiger partial charge >= 0.3 is 0 Å². The Kier molecular flexibility index (Phi) is 8.82. The molecule has 1 aromatic heterocycles. The Morgan fingerprint density at radius 2 is 1.71 bits per heavy atom. The van der Waals surface area contributed by atoms with Crippen LogP contribution in [0.2, 0.25) is 0 Å². The van der Waals surface area contributed by atoms with Gasteiger partial charge in [-0.15, -0.1) is 0 Å². The minimum absolute atomic E-state index is 0.0708.